The minimum absolute atomic E-state index is 0.0516. The van der Waals surface area contributed by atoms with Crippen LogP contribution >= 0.6 is 0 Å². The third-order valence-electron chi connectivity index (χ3n) is 3.88. The molecule has 1 aromatic heterocycles. The SMILES string of the molecule is NC(c1cncn1-c1ccc(CO)cc1)C1CCOC1. The molecule has 0 spiro atoms. The number of nitrogens with zero attached hydrogens (tertiary/aromatic N) is 2. The standard InChI is InChI=1S/C15H19N3O2/c16-15(12-5-6-20-9-12)14-7-17-10-18(14)13-3-1-11(8-19)2-4-13/h1-4,7,10,12,15,19H,5-6,8-9,16H2. The van der Waals surface area contributed by atoms with Crippen molar-refractivity contribution in [3.63, 3.8) is 0 Å². The van der Waals surface area contributed by atoms with E-state index in [-0.39, 0.29) is 12.6 Å². The van der Waals surface area contributed by atoms with Gasteiger partial charge in [-0.25, -0.2) is 4.98 Å². The maximum Gasteiger partial charge on any atom is 0.0994 e. The summed E-state index contributed by atoms with van der Waals surface area (Å²) in [6.07, 6.45) is 4.59. The predicted molar refractivity (Wildman–Crippen MR) is 75.3 cm³/mol. The van der Waals surface area contributed by atoms with Gasteiger partial charge in [-0.05, 0) is 24.1 Å². The molecule has 1 fully saturated rings. The van der Waals surface area contributed by atoms with E-state index < -0.39 is 0 Å². The monoisotopic (exact) mass is 273 g/mol. The average molecular weight is 273 g/mol. The van der Waals surface area contributed by atoms with Gasteiger partial charge in [0.1, 0.15) is 0 Å². The Morgan fingerprint density at radius 2 is 2.20 bits per heavy atom. The van der Waals surface area contributed by atoms with Gasteiger partial charge >= 0.3 is 0 Å². The first-order chi connectivity index (χ1) is 9.79. The van der Waals surface area contributed by atoms with E-state index in [0.717, 1.165) is 36.6 Å². The van der Waals surface area contributed by atoms with Crippen LogP contribution in [0.25, 0.3) is 5.69 Å². The average Bonchev–Trinajstić information content (AvgIpc) is 3.18. The second kappa shape index (κ2) is 5.75. The molecule has 3 N–H and O–H groups in total. The van der Waals surface area contributed by atoms with Crippen molar-refractivity contribution < 1.29 is 9.84 Å². The predicted octanol–water partition coefficient (Wildman–Crippen LogP) is 1.40. The Morgan fingerprint density at radius 3 is 2.85 bits per heavy atom. The van der Waals surface area contributed by atoms with Crippen molar-refractivity contribution in [2.75, 3.05) is 13.2 Å². The molecule has 1 aromatic carbocycles. The number of imidazole rings is 1. The van der Waals surface area contributed by atoms with Gasteiger partial charge in [0.15, 0.2) is 0 Å². The van der Waals surface area contributed by atoms with Gasteiger partial charge in [0.05, 0.1) is 37.5 Å². The Bertz CT molecular complexity index is 559. The van der Waals surface area contributed by atoms with Crippen LogP contribution in [0.2, 0.25) is 0 Å². The Morgan fingerprint density at radius 1 is 1.40 bits per heavy atom. The number of aromatic nitrogens is 2. The van der Waals surface area contributed by atoms with Crippen LogP contribution in [0.4, 0.5) is 0 Å². The zero-order chi connectivity index (χ0) is 13.9. The number of aliphatic hydroxyl groups is 1. The molecule has 0 saturated carbocycles. The van der Waals surface area contributed by atoms with Crippen molar-refractivity contribution in [2.24, 2.45) is 11.7 Å². The second-order valence-electron chi connectivity index (χ2n) is 5.16. The van der Waals surface area contributed by atoms with Crippen LogP contribution in [0.1, 0.15) is 23.7 Å². The third kappa shape index (κ3) is 2.47. The number of hydrogen-bond donors (Lipinski definition) is 2. The van der Waals surface area contributed by atoms with Crippen LogP contribution in [0, 0.1) is 5.92 Å². The molecule has 20 heavy (non-hydrogen) atoms. The largest absolute Gasteiger partial charge is 0.392 e. The molecule has 5 nitrogen and oxygen atoms in total. The summed E-state index contributed by atoms with van der Waals surface area (Å²) in [4.78, 5) is 4.23. The molecule has 5 heteroatoms. The number of ether oxygens (including phenoxy) is 1. The van der Waals surface area contributed by atoms with Gasteiger partial charge in [0, 0.05) is 18.2 Å². The Kier molecular flexibility index (Phi) is 3.82. The summed E-state index contributed by atoms with van der Waals surface area (Å²) in [5, 5.41) is 9.09. The molecule has 0 radical (unpaired) electrons. The molecule has 0 amide bonds. The fourth-order valence-electron chi connectivity index (χ4n) is 2.61. The lowest BCUT2D eigenvalue weighted by Crippen LogP contribution is -2.24. The van der Waals surface area contributed by atoms with Crippen molar-refractivity contribution in [2.45, 2.75) is 19.1 Å². The first kappa shape index (κ1) is 13.3. The van der Waals surface area contributed by atoms with Gasteiger partial charge in [-0.3, -0.25) is 0 Å². The number of rotatable bonds is 4. The van der Waals surface area contributed by atoms with E-state index in [1.54, 1.807) is 6.33 Å². The lowest BCUT2D eigenvalue weighted by molar-refractivity contribution is 0.180. The topological polar surface area (TPSA) is 73.3 Å². The van der Waals surface area contributed by atoms with Crippen molar-refractivity contribution in [1.29, 1.82) is 0 Å². The highest BCUT2D eigenvalue weighted by Gasteiger charge is 2.26. The van der Waals surface area contributed by atoms with E-state index in [0.29, 0.717) is 5.92 Å². The summed E-state index contributed by atoms with van der Waals surface area (Å²) in [6, 6.07) is 7.67. The molecule has 0 bridgehead atoms. The zero-order valence-electron chi connectivity index (χ0n) is 11.3. The van der Waals surface area contributed by atoms with Crippen molar-refractivity contribution in [3.8, 4) is 5.69 Å². The summed E-state index contributed by atoms with van der Waals surface area (Å²) in [5.41, 5.74) is 9.25. The molecular formula is C15H19N3O2. The molecule has 1 saturated heterocycles. The van der Waals surface area contributed by atoms with E-state index in [1.165, 1.54) is 0 Å². The smallest absolute Gasteiger partial charge is 0.0994 e. The second-order valence-corrected chi connectivity index (χ2v) is 5.16. The van der Waals surface area contributed by atoms with Crippen LogP contribution in [-0.2, 0) is 11.3 Å². The van der Waals surface area contributed by atoms with Gasteiger partial charge in [0.2, 0.25) is 0 Å². The molecule has 1 aliphatic heterocycles. The lowest BCUT2D eigenvalue weighted by atomic mass is 9.97. The van der Waals surface area contributed by atoms with Crippen LogP contribution in [0.5, 0.6) is 0 Å². The van der Waals surface area contributed by atoms with Crippen molar-refractivity contribution in [1.82, 2.24) is 9.55 Å². The Balaban J connectivity index is 1.88. The third-order valence-corrected chi connectivity index (χ3v) is 3.88. The van der Waals surface area contributed by atoms with E-state index in [9.17, 15) is 0 Å². The summed E-state index contributed by atoms with van der Waals surface area (Å²) >= 11 is 0. The van der Waals surface area contributed by atoms with E-state index in [1.807, 2.05) is 35.0 Å². The maximum atomic E-state index is 9.09. The van der Waals surface area contributed by atoms with Crippen LogP contribution in [0.3, 0.4) is 0 Å². The molecule has 3 rings (SSSR count). The van der Waals surface area contributed by atoms with E-state index >= 15 is 0 Å². The summed E-state index contributed by atoms with van der Waals surface area (Å²) in [7, 11) is 0. The highest BCUT2D eigenvalue weighted by atomic mass is 16.5. The molecule has 2 heterocycles. The summed E-state index contributed by atoms with van der Waals surface area (Å²) in [5.74, 6) is 0.349. The normalized spacial score (nSPS) is 20.2. The van der Waals surface area contributed by atoms with Gasteiger partial charge in [-0.2, -0.15) is 0 Å². The number of aliphatic hydroxyl groups excluding tert-OH is 1. The summed E-state index contributed by atoms with van der Waals surface area (Å²) in [6.45, 7) is 1.56. The van der Waals surface area contributed by atoms with E-state index in [4.69, 9.17) is 15.6 Å². The maximum absolute atomic E-state index is 9.09. The van der Waals surface area contributed by atoms with Crippen LogP contribution < -0.4 is 5.73 Å². The quantitative estimate of drug-likeness (QED) is 0.883. The highest BCUT2D eigenvalue weighted by Crippen LogP contribution is 2.28. The first-order valence-electron chi connectivity index (χ1n) is 6.85. The van der Waals surface area contributed by atoms with Crippen LogP contribution in [0.15, 0.2) is 36.8 Å². The number of hydrogen-bond acceptors (Lipinski definition) is 4. The fourth-order valence-corrected chi connectivity index (χ4v) is 2.61. The van der Waals surface area contributed by atoms with Crippen LogP contribution in [-0.4, -0.2) is 27.9 Å². The number of benzene rings is 1. The van der Waals surface area contributed by atoms with Gasteiger partial charge in [-0.15, -0.1) is 0 Å². The van der Waals surface area contributed by atoms with Crippen molar-refractivity contribution >= 4 is 0 Å². The van der Waals surface area contributed by atoms with Gasteiger partial charge in [-0.1, -0.05) is 12.1 Å². The Hall–Kier alpha value is -1.69. The van der Waals surface area contributed by atoms with Crippen molar-refractivity contribution in [3.05, 3.63) is 48.0 Å². The minimum atomic E-state index is -0.0717. The number of nitrogens with two attached hydrogens (primary N) is 1. The molecular weight excluding hydrogens is 254 g/mol. The molecule has 2 unspecified atom stereocenters. The first-order valence-corrected chi connectivity index (χ1v) is 6.85. The molecule has 1 aliphatic rings. The van der Waals surface area contributed by atoms with E-state index in [2.05, 4.69) is 4.98 Å². The molecule has 106 valence electrons. The Labute approximate surface area is 118 Å². The fraction of sp³-hybridized carbons (Fsp3) is 0.400. The molecule has 0 aliphatic carbocycles. The van der Waals surface area contributed by atoms with Gasteiger partial charge in [0.25, 0.3) is 0 Å². The zero-order valence-corrected chi connectivity index (χ0v) is 11.3. The molecule has 2 atom stereocenters. The highest BCUT2D eigenvalue weighted by molar-refractivity contribution is 5.36. The lowest BCUT2D eigenvalue weighted by Gasteiger charge is -2.19. The molecule has 2 aromatic rings. The van der Waals surface area contributed by atoms with Gasteiger partial charge < -0.3 is 20.1 Å². The summed E-state index contributed by atoms with van der Waals surface area (Å²) < 4.78 is 7.42. The minimum Gasteiger partial charge on any atom is -0.392 e.